The summed E-state index contributed by atoms with van der Waals surface area (Å²) >= 11 is 0. The summed E-state index contributed by atoms with van der Waals surface area (Å²) in [7, 11) is 0. The van der Waals surface area contributed by atoms with Gasteiger partial charge in [-0.15, -0.1) is 0 Å². The number of aromatic amines is 1. The molecule has 0 unspecified atom stereocenters. The Labute approximate surface area is 132 Å². The molecule has 122 valence electrons. The molecule has 5 heteroatoms. The second-order valence-corrected chi connectivity index (χ2v) is 5.91. The van der Waals surface area contributed by atoms with Gasteiger partial charge in [-0.2, -0.15) is 0 Å². The summed E-state index contributed by atoms with van der Waals surface area (Å²) in [5, 5.41) is 0. The molecule has 0 aromatic carbocycles. The van der Waals surface area contributed by atoms with Gasteiger partial charge in [-0.25, -0.2) is 4.79 Å². The van der Waals surface area contributed by atoms with E-state index in [9.17, 15) is 9.59 Å². The van der Waals surface area contributed by atoms with Crippen molar-refractivity contribution in [3.63, 3.8) is 0 Å². The predicted octanol–water partition coefficient (Wildman–Crippen LogP) is 3.21. The molecule has 1 aliphatic rings. The molecule has 0 bridgehead atoms. The second kappa shape index (κ2) is 7.47. The van der Waals surface area contributed by atoms with E-state index in [0.717, 1.165) is 25.9 Å². The van der Waals surface area contributed by atoms with Crippen molar-refractivity contribution >= 4 is 11.9 Å². The van der Waals surface area contributed by atoms with Gasteiger partial charge in [0.2, 0.25) is 0 Å². The van der Waals surface area contributed by atoms with Crippen LogP contribution in [0, 0.1) is 13.8 Å². The second-order valence-electron chi connectivity index (χ2n) is 5.91. The minimum Gasteiger partial charge on any atom is -0.462 e. The molecule has 1 N–H and O–H groups in total. The molecule has 22 heavy (non-hydrogen) atoms. The average molecular weight is 306 g/mol. The molecule has 0 spiro atoms. The van der Waals surface area contributed by atoms with E-state index in [0.29, 0.717) is 29.1 Å². The molecule has 2 heterocycles. The molecule has 1 aromatic heterocycles. The molecule has 1 aliphatic heterocycles. The molecule has 0 radical (unpaired) electrons. The third-order valence-electron chi connectivity index (χ3n) is 4.27. The van der Waals surface area contributed by atoms with Crippen molar-refractivity contribution in [1.82, 2.24) is 9.88 Å². The van der Waals surface area contributed by atoms with Gasteiger partial charge in [0.25, 0.3) is 5.91 Å². The molecule has 1 fully saturated rings. The lowest BCUT2D eigenvalue weighted by Crippen LogP contribution is -2.34. The van der Waals surface area contributed by atoms with Crippen molar-refractivity contribution in [3.05, 3.63) is 22.5 Å². The predicted molar refractivity (Wildman–Crippen MR) is 85.2 cm³/mol. The molecule has 1 saturated heterocycles. The number of likely N-dealkylation sites (tertiary alicyclic amines) is 1. The highest BCUT2D eigenvalue weighted by atomic mass is 16.5. The third-order valence-corrected chi connectivity index (χ3v) is 4.27. The van der Waals surface area contributed by atoms with Crippen LogP contribution in [0.15, 0.2) is 0 Å². The van der Waals surface area contributed by atoms with E-state index in [4.69, 9.17) is 4.74 Å². The standard InChI is InChI=1S/C17H26N2O3/c1-4-22-17(21)14-12(2)15(18-13(14)3)16(20)19-10-8-6-5-7-9-11-19/h18H,4-11H2,1-3H3. The molecule has 5 nitrogen and oxygen atoms in total. The quantitative estimate of drug-likeness (QED) is 0.872. The number of aryl methyl sites for hydroxylation is 1. The van der Waals surface area contributed by atoms with E-state index in [1.54, 1.807) is 6.92 Å². The zero-order valence-corrected chi connectivity index (χ0v) is 13.8. The van der Waals surface area contributed by atoms with Crippen LogP contribution in [0.4, 0.5) is 0 Å². The van der Waals surface area contributed by atoms with Crippen LogP contribution in [-0.2, 0) is 4.74 Å². The van der Waals surface area contributed by atoms with Crippen molar-refractivity contribution in [2.24, 2.45) is 0 Å². The zero-order valence-electron chi connectivity index (χ0n) is 13.8. The summed E-state index contributed by atoms with van der Waals surface area (Å²) in [6.07, 6.45) is 5.72. The Kier molecular flexibility index (Phi) is 5.63. The Balaban J connectivity index is 2.22. The van der Waals surface area contributed by atoms with Crippen molar-refractivity contribution < 1.29 is 14.3 Å². The number of esters is 1. The summed E-state index contributed by atoms with van der Waals surface area (Å²) in [6.45, 7) is 7.33. The molecule has 0 aliphatic carbocycles. The molecular formula is C17H26N2O3. The number of nitrogens with zero attached hydrogens (tertiary/aromatic N) is 1. The fraction of sp³-hybridized carbons (Fsp3) is 0.647. The Morgan fingerprint density at radius 2 is 1.68 bits per heavy atom. The number of carbonyl (C=O) groups excluding carboxylic acids is 2. The van der Waals surface area contributed by atoms with Crippen LogP contribution in [0.25, 0.3) is 0 Å². The third kappa shape index (κ3) is 3.51. The van der Waals surface area contributed by atoms with E-state index in [-0.39, 0.29) is 11.9 Å². The van der Waals surface area contributed by atoms with Gasteiger partial charge < -0.3 is 14.6 Å². The van der Waals surface area contributed by atoms with Crippen LogP contribution < -0.4 is 0 Å². The molecule has 2 rings (SSSR count). The highest BCUT2D eigenvalue weighted by molar-refractivity contribution is 6.00. The Morgan fingerprint density at radius 3 is 2.27 bits per heavy atom. The lowest BCUT2D eigenvalue weighted by atomic mass is 10.1. The Morgan fingerprint density at radius 1 is 1.09 bits per heavy atom. The largest absolute Gasteiger partial charge is 0.462 e. The topological polar surface area (TPSA) is 62.4 Å². The molecule has 0 saturated carbocycles. The average Bonchev–Trinajstić information content (AvgIpc) is 2.73. The fourth-order valence-corrected chi connectivity index (χ4v) is 3.08. The fourth-order valence-electron chi connectivity index (χ4n) is 3.08. The maximum Gasteiger partial charge on any atom is 0.340 e. The number of ether oxygens (including phenoxy) is 1. The highest BCUT2D eigenvalue weighted by Gasteiger charge is 2.25. The first kappa shape index (κ1) is 16.6. The van der Waals surface area contributed by atoms with Crippen molar-refractivity contribution in [2.75, 3.05) is 19.7 Å². The molecule has 1 amide bonds. The number of nitrogens with one attached hydrogen (secondary N) is 1. The van der Waals surface area contributed by atoms with Gasteiger partial charge in [0, 0.05) is 18.8 Å². The molecular weight excluding hydrogens is 280 g/mol. The smallest absolute Gasteiger partial charge is 0.340 e. The van der Waals surface area contributed by atoms with Gasteiger partial charge in [0.15, 0.2) is 0 Å². The van der Waals surface area contributed by atoms with E-state index in [1.807, 2.05) is 18.7 Å². The number of rotatable bonds is 3. The Hall–Kier alpha value is -1.78. The van der Waals surface area contributed by atoms with Crippen molar-refractivity contribution in [2.45, 2.75) is 52.9 Å². The number of carbonyl (C=O) groups is 2. The summed E-state index contributed by atoms with van der Waals surface area (Å²) in [6, 6.07) is 0. The lowest BCUT2D eigenvalue weighted by Gasteiger charge is -2.24. The minimum atomic E-state index is -0.361. The van der Waals surface area contributed by atoms with Crippen molar-refractivity contribution in [3.8, 4) is 0 Å². The van der Waals surface area contributed by atoms with Gasteiger partial charge in [0.05, 0.1) is 12.2 Å². The van der Waals surface area contributed by atoms with Crippen LogP contribution in [0.1, 0.15) is 71.1 Å². The van der Waals surface area contributed by atoms with Gasteiger partial charge in [0.1, 0.15) is 5.69 Å². The number of hydrogen-bond acceptors (Lipinski definition) is 3. The lowest BCUT2D eigenvalue weighted by molar-refractivity contribution is 0.0525. The van der Waals surface area contributed by atoms with Gasteiger partial charge in [-0.1, -0.05) is 19.3 Å². The maximum absolute atomic E-state index is 12.8. The summed E-state index contributed by atoms with van der Waals surface area (Å²) in [4.78, 5) is 29.8. The first-order valence-corrected chi connectivity index (χ1v) is 8.21. The monoisotopic (exact) mass is 306 g/mol. The molecule has 0 atom stereocenters. The SMILES string of the molecule is CCOC(=O)c1c(C)[nH]c(C(=O)N2CCCCCCC2)c1C. The van der Waals surface area contributed by atoms with Gasteiger partial charge >= 0.3 is 5.97 Å². The number of aromatic nitrogens is 1. The van der Waals surface area contributed by atoms with E-state index in [1.165, 1.54) is 19.3 Å². The van der Waals surface area contributed by atoms with E-state index >= 15 is 0 Å². The summed E-state index contributed by atoms with van der Waals surface area (Å²) in [5.74, 6) is -0.362. The summed E-state index contributed by atoms with van der Waals surface area (Å²) in [5.41, 5.74) is 2.42. The van der Waals surface area contributed by atoms with Gasteiger partial charge in [-0.05, 0) is 39.2 Å². The summed E-state index contributed by atoms with van der Waals surface area (Å²) < 4.78 is 5.08. The minimum absolute atomic E-state index is 0.00181. The number of H-pyrrole nitrogens is 1. The maximum atomic E-state index is 12.8. The van der Waals surface area contributed by atoms with E-state index < -0.39 is 0 Å². The van der Waals surface area contributed by atoms with Crippen LogP contribution in [-0.4, -0.2) is 41.5 Å². The first-order chi connectivity index (χ1) is 10.6. The van der Waals surface area contributed by atoms with Crippen LogP contribution in [0.3, 0.4) is 0 Å². The van der Waals surface area contributed by atoms with Gasteiger partial charge in [-0.3, -0.25) is 4.79 Å². The van der Waals surface area contributed by atoms with E-state index in [2.05, 4.69) is 4.98 Å². The zero-order chi connectivity index (χ0) is 16.1. The van der Waals surface area contributed by atoms with Crippen LogP contribution in [0.5, 0.6) is 0 Å². The normalized spacial score (nSPS) is 16.0. The van der Waals surface area contributed by atoms with Crippen LogP contribution >= 0.6 is 0 Å². The van der Waals surface area contributed by atoms with Crippen LogP contribution in [0.2, 0.25) is 0 Å². The Bertz CT molecular complexity index is 540. The first-order valence-electron chi connectivity index (χ1n) is 8.21. The molecule has 1 aromatic rings. The number of amides is 1. The highest BCUT2D eigenvalue weighted by Crippen LogP contribution is 2.21. The van der Waals surface area contributed by atoms with Crippen molar-refractivity contribution in [1.29, 1.82) is 0 Å². The number of hydrogen-bond donors (Lipinski definition) is 1.